The van der Waals surface area contributed by atoms with Gasteiger partial charge in [0.2, 0.25) is 0 Å². The molecule has 3 nitrogen and oxygen atoms in total. The van der Waals surface area contributed by atoms with Crippen molar-refractivity contribution >= 4 is 0 Å². The molecule has 12 heavy (non-hydrogen) atoms. The minimum absolute atomic E-state index is 0.741. The van der Waals surface area contributed by atoms with Gasteiger partial charge in [-0.05, 0) is 6.92 Å². The lowest BCUT2D eigenvalue weighted by molar-refractivity contribution is 0.755. The van der Waals surface area contributed by atoms with E-state index in [-0.39, 0.29) is 0 Å². The largest absolute Gasteiger partial charge is 0.302 e. The van der Waals surface area contributed by atoms with E-state index in [1.54, 1.807) is 4.68 Å². The van der Waals surface area contributed by atoms with Crippen LogP contribution in [0.25, 0.3) is 0 Å². The van der Waals surface area contributed by atoms with Crippen LogP contribution in [-0.2, 0) is 13.6 Å². The summed E-state index contributed by atoms with van der Waals surface area (Å²) in [6, 6.07) is 0. The van der Waals surface area contributed by atoms with Crippen LogP contribution in [-0.4, -0.2) is 16.3 Å². The first kappa shape index (κ1) is 8.82. The highest BCUT2D eigenvalue weighted by Crippen LogP contribution is 1.93. The van der Waals surface area contributed by atoms with Crippen LogP contribution in [0.1, 0.15) is 12.5 Å². The highest BCUT2D eigenvalue weighted by atomic mass is 15.2. The smallest absolute Gasteiger partial charge is 0.0579 e. The van der Waals surface area contributed by atoms with Gasteiger partial charge in [-0.1, -0.05) is 5.92 Å². The molecule has 0 fully saturated rings. The van der Waals surface area contributed by atoms with Crippen LogP contribution in [0.5, 0.6) is 0 Å². The maximum atomic E-state index is 4.06. The fourth-order valence-corrected chi connectivity index (χ4v) is 0.921. The zero-order valence-electron chi connectivity index (χ0n) is 7.46. The van der Waals surface area contributed by atoms with Gasteiger partial charge in [0.15, 0.2) is 0 Å². The first-order chi connectivity index (χ1) is 5.83. The third kappa shape index (κ3) is 2.77. The van der Waals surface area contributed by atoms with Crippen molar-refractivity contribution < 1.29 is 0 Å². The fraction of sp³-hybridized carbons (Fsp3) is 0.444. The lowest BCUT2D eigenvalue weighted by Crippen LogP contribution is -2.12. The average Bonchev–Trinajstić information content (AvgIpc) is 2.45. The van der Waals surface area contributed by atoms with Crippen LogP contribution in [0.2, 0.25) is 0 Å². The Morgan fingerprint density at radius 1 is 1.67 bits per heavy atom. The van der Waals surface area contributed by atoms with Crippen molar-refractivity contribution in [3.63, 3.8) is 0 Å². The monoisotopic (exact) mass is 163 g/mol. The molecule has 0 aromatic carbocycles. The van der Waals surface area contributed by atoms with Gasteiger partial charge in [-0.15, -0.1) is 5.92 Å². The van der Waals surface area contributed by atoms with E-state index in [2.05, 4.69) is 22.3 Å². The number of aryl methyl sites for hydroxylation is 1. The topological polar surface area (TPSA) is 29.9 Å². The van der Waals surface area contributed by atoms with Gasteiger partial charge in [-0.3, -0.25) is 4.68 Å². The molecule has 1 aromatic heterocycles. The second-order valence-electron chi connectivity index (χ2n) is 2.55. The molecule has 3 heteroatoms. The number of hydrogen-bond donors (Lipinski definition) is 1. The van der Waals surface area contributed by atoms with Crippen LogP contribution in [0.15, 0.2) is 12.4 Å². The predicted molar refractivity (Wildman–Crippen MR) is 48.4 cm³/mol. The molecule has 0 unspecified atom stereocenters. The van der Waals surface area contributed by atoms with Crippen molar-refractivity contribution in [2.24, 2.45) is 7.05 Å². The van der Waals surface area contributed by atoms with Crippen LogP contribution in [0.4, 0.5) is 0 Å². The Kier molecular flexibility index (Phi) is 3.36. The molecule has 0 aliphatic rings. The zero-order valence-corrected chi connectivity index (χ0v) is 7.46. The normalized spacial score (nSPS) is 9.17. The maximum absolute atomic E-state index is 4.06. The molecule has 64 valence electrons. The lowest BCUT2D eigenvalue weighted by atomic mass is 10.3. The number of hydrogen-bond acceptors (Lipinski definition) is 2. The molecule has 0 amide bonds. The van der Waals surface area contributed by atoms with Crippen molar-refractivity contribution in [3.8, 4) is 11.8 Å². The zero-order chi connectivity index (χ0) is 8.81. The standard InChI is InChI=1S/C9H13N3/c1-3-4-5-10-6-9-7-11-12(2)8-9/h7-8,10H,5-6H2,1-2H3. The van der Waals surface area contributed by atoms with Gasteiger partial charge in [0, 0.05) is 25.4 Å². The summed E-state index contributed by atoms with van der Waals surface area (Å²) in [6.45, 7) is 3.42. The summed E-state index contributed by atoms with van der Waals surface area (Å²) >= 11 is 0. The van der Waals surface area contributed by atoms with Crippen LogP contribution in [0, 0.1) is 11.8 Å². The highest BCUT2D eigenvalue weighted by molar-refractivity contribution is 5.04. The molecular formula is C9H13N3. The van der Waals surface area contributed by atoms with Gasteiger partial charge in [-0.25, -0.2) is 0 Å². The second-order valence-corrected chi connectivity index (χ2v) is 2.55. The van der Waals surface area contributed by atoms with Crippen molar-refractivity contribution in [1.29, 1.82) is 0 Å². The number of nitrogens with zero attached hydrogens (tertiary/aromatic N) is 2. The lowest BCUT2D eigenvalue weighted by Gasteiger charge is -1.94. The Labute approximate surface area is 72.8 Å². The molecule has 1 heterocycles. The molecule has 0 atom stereocenters. The molecule has 1 rings (SSSR count). The summed E-state index contributed by atoms with van der Waals surface area (Å²) in [5.74, 6) is 5.76. The van der Waals surface area contributed by atoms with Gasteiger partial charge in [0.25, 0.3) is 0 Å². The molecule has 1 N–H and O–H groups in total. The predicted octanol–water partition coefficient (Wildman–Crippen LogP) is 0.533. The SMILES string of the molecule is CC#CCNCc1cnn(C)c1. The fourth-order valence-electron chi connectivity index (χ4n) is 0.921. The first-order valence-electron chi connectivity index (χ1n) is 3.91. The van der Waals surface area contributed by atoms with Crippen molar-refractivity contribution in [2.75, 3.05) is 6.54 Å². The van der Waals surface area contributed by atoms with E-state index >= 15 is 0 Å². The molecule has 1 aromatic rings. The first-order valence-corrected chi connectivity index (χ1v) is 3.91. The average molecular weight is 163 g/mol. The van der Waals surface area contributed by atoms with Crippen LogP contribution < -0.4 is 5.32 Å². The van der Waals surface area contributed by atoms with Gasteiger partial charge >= 0.3 is 0 Å². The summed E-state index contributed by atoms with van der Waals surface area (Å²) in [4.78, 5) is 0. The molecule has 0 spiro atoms. The van der Waals surface area contributed by atoms with Crippen LogP contribution in [0.3, 0.4) is 0 Å². The number of aromatic nitrogens is 2. The Bertz CT molecular complexity index is 290. The summed E-state index contributed by atoms with van der Waals surface area (Å²) in [5, 5.41) is 7.25. The van der Waals surface area contributed by atoms with E-state index in [1.165, 1.54) is 5.56 Å². The van der Waals surface area contributed by atoms with Gasteiger partial charge in [-0.2, -0.15) is 5.10 Å². The second kappa shape index (κ2) is 4.58. The summed E-state index contributed by atoms with van der Waals surface area (Å²) in [5.41, 5.74) is 1.19. The number of rotatable bonds is 3. The van der Waals surface area contributed by atoms with E-state index in [9.17, 15) is 0 Å². The molecule has 0 radical (unpaired) electrons. The third-order valence-electron chi connectivity index (χ3n) is 1.48. The molecular weight excluding hydrogens is 150 g/mol. The summed E-state index contributed by atoms with van der Waals surface area (Å²) in [6.07, 6.45) is 3.85. The molecule has 0 bridgehead atoms. The van der Waals surface area contributed by atoms with Gasteiger partial charge in [0.05, 0.1) is 12.7 Å². The number of nitrogens with one attached hydrogen (secondary N) is 1. The molecule has 0 saturated carbocycles. The Morgan fingerprint density at radius 3 is 3.08 bits per heavy atom. The summed E-state index contributed by atoms with van der Waals surface area (Å²) in [7, 11) is 1.91. The minimum Gasteiger partial charge on any atom is -0.302 e. The van der Waals surface area contributed by atoms with E-state index in [4.69, 9.17) is 0 Å². The maximum Gasteiger partial charge on any atom is 0.0579 e. The Hall–Kier alpha value is -1.27. The van der Waals surface area contributed by atoms with Gasteiger partial charge in [0.1, 0.15) is 0 Å². The van der Waals surface area contributed by atoms with Crippen LogP contribution >= 0.6 is 0 Å². The minimum atomic E-state index is 0.741. The molecule has 0 aliphatic heterocycles. The van der Waals surface area contributed by atoms with Crippen molar-refractivity contribution in [1.82, 2.24) is 15.1 Å². The van der Waals surface area contributed by atoms with E-state index in [0.29, 0.717) is 0 Å². The molecule has 0 saturated heterocycles. The third-order valence-corrected chi connectivity index (χ3v) is 1.48. The van der Waals surface area contributed by atoms with Crippen molar-refractivity contribution in [3.05, 3.63) is 18.0 Å². The van der Waals surface area contributed by atoms with Crippen molar-refractivity contribution in [2.45, 2.75) is 13.5 Å². The van der Waals surface area contributed by atoms with E-state index in [0.717, 1.165) is 13.1 Å². The molecule has 0 aliphatic carbocycles. The van der Waals surface area contributed by atoms with Gasteiger partial charge < -0.3 is 5.32 Å². The summed E-state index contributed by atoms with van der Waals surface area (Å²) < 4.78 is 1.79. The quantitative estimate of drug-likeness (QED) is 0.520. The Balaban J connectivity index is 2.27. The highest BCUT2D eigenvalue weighted by Gasteiger charge is 1.92. The Morgan fingerprint density at radius 2 is 2.50 bits per heavy atom. The van der Waals surface area contributed by atoms with E-state index in [1.807, 2.05) is 26.4 Å². The van der Waals surface area contributed by atoms with E-state index < -0.39 is 0 Å².